The highest BCUT2D eigenvalue weighted by molar-refractivity contribution is 5.41. The van der Waals surface area contributed by atoms with Gasteiger partial charge in [-0.2, -0.15) is 0 Å². The zero-order valence-electron chi connectivity index (χ0n) is 14.4. The molecule has 0 spiro atoms. The van der Waals surface area contributed by atoms with E-state index in [9.17, 15) is 0 Å². The molecule has 0 atom stereocenters. The van der Waals surface area contributed by atoms with Gasteiger partial charge >= 0.3 is 0 Å². The fourth-order valence-electron chi connectivity index (χ4n) is 2.07. The lowest BCUT2D eigenvalue weighted by Gasteiger charge is -2.17. The van der Waals surface area contributed by atoms with E-state index in [1.54, 1.807) is 48.5 Å². The highest BCUT2D eigenvalue weighted by atomic mass is 16.5. The summed E-state index contributed by atoms with van der Waals surface area (Å²) >= 11 is 0. The maximum absolute atomic E-state index is 8.36. The minimum Gasteiger partial charge on any atom is -0.492 e. The van der Waals surface area contributed by atoms with Crippen LogP contribution in [0.25, 0.3) is 20.9 Å². The molecule has 0 saturated heterocycles. The summed E-state index contributed by atoms with van der Waals surface area (Å²) in [6.45, 7) is 2.57. The van der Waals surface area contributed by atoms with Gasteiger partial charge in [0.2, 0.25) is 0 Å². The molecule has 2 aromatic carbocycles. The van der Waals surface area contributed by atoms with Crippen LogP contribution in [-0.4, -0.2) is 38.3 Å². The molecule has 0 bridgehead atoms. The van der Waals surface area contributed by atoms with Crippen LogP contribution >= 0.6 is 0 Å². The Morgan fingerprint density at radius 3 is 1.50 bits per heavy atom. The number of hydrogen-bond acceptors (Lipinski definition) is 5. The topological polar surface area (TPSA) is 119 Å². The predicted octanol–water partition coefficient (Wildman–Crippen LogP) is 4.96. The molecule has 26 heavy (non-hydrogen) atoms. The van der Waals surface area contributed by atoms with Gasteiger partial charge in [0.25, 0.3) is 0 Å². The number of azide groups is 2. The molecule has 0 aromatic heterocycles. The van der Waals surface area contributed by atoms with Crippen LogP contribution in [0.5, 0.6) is 11.5 Å². The highest BCUT2D eigenvalue weighted by Gasteiger charge is 2.01. The Morgan fingerprint density at radius 2 is 1.15 bits per heavy atom. The molecule has 2 rings (SSSR count). The van der Waals surface area contributed by atoms with Gasteiger partial charge in [0.15, 0.2) is 0 Å². The van der Waals surface area contributed by atoms with Crippen molar-refractivity contribution < 1.29 is 9.47 Å². The molecule has 0 aliphatic carbocycles. The second-order valence-electron chi connectivity index (χ2n) is 5.37. The van der Waals surface area contributed by atoms with Gasteiger partial charge in [-0.1, -0.05) is 10.2 Å². The third-order valence-electron chi connectivity index (χ3n) is 3.48. The standard InChI is InChI=1S/C17H19N7O2/c1-24(10-12-25-16-6-2-14(3-7-16)20-22-18)11-13-26-17-8-4-15(5-9-17)21-23-19/h2-9H,10-13H2,1H3. The summed E-state index contributed by atoms with van der Waals surface area (Å²) in [6.07, 6.45) is 0. The maximum Gasteiger partial charge on any atom is 0.119 e. The van der Waals surface area contributed by atoms with Crippen LogP contribution in [0.2, 0.25) is 0 Å². The predicted molar refractivity (Wildman–Crippen MR) is 99.0 cm³/mol. The lowest BCUT2D eigenvalue weighted by Crippen LogP contribution is -2.28. The second-order valence-corrected chi connectivity index (χ2v) is 5.37. The molecular formula is C17H19N7O2. The van der Waals surface area contributed by atoms with Crippen molar-refractivity contribution in [1.82, 2.24) is 4.90 Å². The molecule has 0 aliphatic rings. The Balaban J connectivity index is 1.64. The van der Waals surface area contributed by atoms with Crippen molar-refractivity contribution in [3.63, 3.8) is 0 Å². The fraction of sp³-hybridized carbons (Fsp3) is 0.294. The van der Waals surface area contributed by atoms with E-state index in [2.05, 4.69) is 25.0 Å². The Bertz CT molecular complexity index is 712. The first-order valence-electron chi connectivity index (χ1n) is 7.96. The third-order valence-corrected chi connectivity index (χ3v) is 3.48. The van der Waals surface area contributed by atoms with E-state index in [4.69, 9.17) is 20.5 Å². The van der Waals surface area contributed by atoms with E-state index in [1.807, 2.05) is 7.05 Å². The largest absolute Gasteiger partial charge is 0.492 e. The lowest BCUT2D eigenvalue weighted by molar-refractivity contribution is 0.202. The maximum atomic E-state index is 8.36. The van der Waals surface area contributed by atoms with Crippen molar-refractivity contribution in [2.75, 3.05) is 33.4 Å². The number of likely N-dealkylation sites (N-methyl/N-ethyl adjacent to an activating group) is 1. The van der Waals surface area contributed by atoms with E-state index in [-0.39, 0.29) is 0 Å². The van der Waals surface area contributed by atoms with Gasteiger partial charge < -0.3 is 9.47 Å². The van der Waals surface area contributed by atoms with Crippen LogP contribution in [-0.2, 0) is 0 Å². The van der Waals surface area contributed by atoms with Gasteiger partial charge in [-0.05, 0) is 66.6 Å². The van der Waals surface area contributed by atoms with Crippen molar-refractivity contribution in [2.24, 2.45) is 10.2 Å². The Hall–Kier alpha value is -3.38. The van der Waals surface area contributed by atoms with Crippen molar-refractivity contribution in [1.29, 1.82) is 0 Å². The Morgan fingerprint density at radius 1 is 0.769 bits per heavy atom. The molecule has 0 fully saturated rings. The zero-order valence-corrected chi connectivity index (χ0v) is 14.4. The van der Waals surface area contributed by atoms with Crippen LogP contribution < -0.4 is 9.47 Å². The molecule has 0 radical (unpaired) electrons. The van der Waals surface area contributed by atoms with Gasteiger partial charge in [-0.15, -0.1) is 0 Å². The van der Waals surface area contributed by atoms with E-state index in [0.717, 1.165) is 24.6 Å². The molecular weight excluding hydrogens is 334 g/mol. The molecule has 0 aliphatic heterocycles. The first-order chi connectivity index (χ1) is 12.7. The molecule has 0 amide bonds. The van der Waals surface area contributed by atoms with E-state index in [1.165, 1.54) is 0 Å². The van der Waals surface area contributed by atoms with Crippen LogP contribution in [0.4, 0.5) is 11.4 Å². The van der Waals surface area contributed by atoms with Crippen LogP contribution in [0.15, 0.2) is 58.8 Å². The molecule has 9 heteroatoms. The Kier molecular flexibility index (Phi) is 7.64. The first-order valence-corrected chi connectivity index (χ1v) is 7.96. The van der Waals surface area contributed by atoms with Crippen molar-refractivity contribution >= 4 is 11.4 Å². The third kappa shape index (κ3) is 6.62. The number of nitrogens with zero attached hydrogens (tertiary/aromatic N) is 7. The molecule has 9 nitrogen and oxygen atoms in total. The normalized spacial score (nSPS) is 9.92. The molecule has 134 valence electrons. The minimum atomic E-state index is 0.540. The number of benzene rings is 2. The van der Waals surface area contributed by atoms with Crippen LogP contribution in [0.1, 0.15) is 0 Å². The minimum absolute atomic E-state index is 0.540. The average molecular weight is 353 g/mol. The average Bonchev–Trinajstić information content (AvgIpc) is 2.65. The van der Waals surface area contributed by atoms with Gasteiger partial charge in [0.1, 0.15) is 24.7 Å². The highest BCUT2D eigenvalue weighted by Crippen LogP contribution is 2.19. The van der Waals surface area contributed by atoms with Gasteiger partial charge in [-0.25, -0.2) is 0 Å². The van der Waals surface area contributed by atoms with E-state index >= 15 is 0 Å². The van der Waals surface area contributed by atoms with Crippen LogP contribution in [0.3, 0.4) is 0 Å². The van der Waals surface area contributed by atoms with Crippen molar-refractivity contribution in [3.05, 3.63) is 69.4 Å². The smallest absolute Gasteiger partial charge is 0.119 e. The second kappa shape index (κ2) is 10.5. The molecule has 2 aromatic rings. The number of hydrogen-bond donors (Lipinski definition) is 0. The summed E-state index contributed by atoms with van der Waals surface area (Å²) in [5.74, 6) is 1.46. The SMILES string of the molecule is CN(CCOc1ccc(N=[N+]=[N-])cc1)CCOc1ccc(N=[N+]=[N-])cc1. The quantitative estimate of drug-likeness (QED) is 0.341. The molecule has 0 heterocycles. The number of ether oxygens (including phenoxy) is 2. The van der Waals surface area contributed by atoms with E-state index in [0.29, 0.717) is 24.6 Å². The van der Waals surface area contributed by atoms with Gasteiger partial charge in [-0.3, -0.25) is 4.90 Å². The summed E-state index contributed by atoms with van der Waals surface area (Å²) < 4.78 is 11.3. The van der Waals surface area contributed by atoms with Crippen molar-refractivity contribution in [3.8, 4) is 11.5 Å². The first kappa shape index (κ1) is 19.0. The van der Waals surface area contributed by atoms with Gasteiger partial charge in [0.05, 0.1) is 0 Å². The molecule has 0 N–H and O–H groups in total. The summed E-state index contributed by atoms with van der Waals surface area (Å²) in [7, 11) is 1.99. The van der Waals surface area contributed by atoms with E-state index < -0.39 is 0 Å². The monoisotopic (exact) mass is 353 g/mol. The number of rotatable bonds is 10. The summed E-state index contributed by atoms with van der Waals surface area (Å²) in [6, 6.07) is 13.9. The Labute approximate surface area is 151 Å². The van der Waals surface area contributed by atoms with Gasteiger partial charge in [0, 0.05) is 34.3 Å². The summed E-state index contributed by atoms with van der Waals surface area (Å²) in [5.41, 5.74) is 17.8. The zero-order chi connectivity index (χ0) is 18.6. The van der Waals surface area contributed by atoms with Crippen LogP contribution in [0, 0.1) is 0 Å². The van der Waals surface area contributed by atoms with Crippen molar-refractivity contribution in [2.45, 2.75) is 0 Å². The summed E-state index contributed by atoms with van der Waals surface area (Å²) in [4.78, 5) is 7.56. The fourth-order valence-corrected chi connectivity index (χ4v) is 2.07. The molecule has 0 saturated carbocycles. The summed E-state index contributed by atoms with van der Waals surface area (Å²) in [5, 5.41) is 7.02. The lowest BCUT2D eigenvalue weighted by atomic mass is 10.3. The molecule has 0 unspecified atom stereocenters.